The first-order valence-electron chi connectivity index (χ1n) is 6.40. The standard InChI is InChI=1S/C14H21N2O2/c1-17-13-4-3-12(11-14(13)18-2)5-8-16-9-6-15-7-10-16/h3-4,11H,5-10H2,1-2H3. The highest BCUT2D eigenvalue weighted by Crippen LogP contribution is 2.27. The molecule has 1 aliphatic rings. The van der Waals surface area contributed by atoms with Crippen LogP contribution in [0.15, 0.2) is 18.2 Å². The fraction of sp³-hybridized carbons (Fsp3) is 0.571. The zero-order chi connectivity index (χ0) is 12.8. The van der Waals surface area contributed by atoms with E-state index in [1.54, 1.807) is 14.2 Å². The van der Waals surface area contributed by atoms with E-state index in [0.717, 1.165) is 50.6 Å². The van der Waals surface area contributed by atoms with Gasteiger partial charge in [0, 0.05) is 32.7 Å². The van der Waals surface area contributed by atoms with Crippen molar-refractivity contribution in [1.82, 2.24) is 10.2 Å². The second-order valence-electron chi connectivity index (χ2n) is 4.45. The Morgan fingerprint density at radius 3 is 2.50 bits per heavy atom. The lowest BCUT2D eigenvalue weighted by Crippen LogP contribution is -2.41. The Morgan fingerprint density at radius 1 is 1.11 bits per heavy atom. The van der Waals surface area contributed by atoms with Gasteiger partial charge >= 0.3 is 0 Å². The molecule has 1 fully saturated rings. The van der Waals surface area contributed by atoms with Gasteiger partial charge in [0.25, 0.3) is 0 Å². The van der Waals surface area contributed by atoms with Gasteiger partial charge in [0.15, 0.2) is 11.5 Å². The first kappa shape index (κ1) is 13.2. The van der Waals surface area contributed by atoms with Gasteiger partial charge < -0.3 is 14.4 Å². The molecular weight excluding hydrogens is 228 g/mol. The lowest BCUT2D eigenvalue weighted by molar-refractivity contribution is 0.241. The number of benzene rings is 1. The molecule has 1 aromatic rings. The largest absolute Gasteiger partial charge is 0.493 e. The molecule has 0 saturated carbocycles. The fourth-order valence-corrected chi connectivity index (χ4v) is 2.19. The van der Waals surface area contributed by atoms with Crippen LogP contribution in [0.3, 0.4) is 0 Å². The van der Waals surface area contributed by atoms with Crippen LogP contribution in [0.25, 0.3) is 0 Å². The quantitative estimate of drug-likeness (QED) is 0.786. The SMILES string of the molecule is COc1ccc(CCN2CC[N]CC2)cc1OC. The van der Waals surface area contributed by atoms with Crippen molar-refractivity contribution in [1.29, 1.82) is 0 Å². The minimum atomic E-state index is 0.790. The molecule has 1 aliphatic heterocycles. The molecule has 1 radical (unpaired) electrons. The van der Waals surface area contributed by atoms with Gasteiger partial charge in [-0.2, -0.15) is 0 Å². The van der Waals surface area contributed by atoms with Crippen LogP contribution in [0.4, 0.5) is 0 Å². The molecule has 0 bridgehead atoms. The Balaban J connectivity index is 1.92. The predicted octanol–water partition coefficient (Wildman–Crippen LogP) is 1.17. The molecule has 1 heterocycles. The molecule has 18 heavy (non-hydrogen) atoms. The highest BCUT2D eigenvalue weighted by molar-refractivity contribution is 5.42. The number of ether oxygens (including phenoxy) is 2. The summed E-state index contributed by atoms with van der Waals surface area (Å²) in [6.07, 6.45) is 1.04. The van der Waals surface area contributed by atoms with Crippen LogP contribution in [0.5, 0.6) is 11.5 Å². The summed E-state index contributed by atoms with van der Waals surface area (Å²) in [4.78, 5) is 2.46. The zero-order valence-electron chi connectivity index (χ0n) is 11.2. The maximum absolute atomic E-state index is 5.32. The van der Waals surface area contributed by atoms with E-state index in [9.17, 15) is 0 Å². The highest BCUT2D eigenvalue weighted by atomic mass is 16.5. The topological polar surface area (TPSA) is 35.8 Å². The van der Waals surface area contributed by atoms with E-state index in [2.05, 4.69) is 22.3 Å². The van der Waals surface area contributed by atoms with Crippen molar-refractivity contribution in [2.24, 2.45) is 0 Å². The van der Waals surface area contributed by atoms with Gasteiger partial charge in [0.1, 0.15) is 0 Å². The summed E-state index contributed by atoms with van der Waals surface area (Å²) in [6.45, 7) is 5.23. The molecule has 0 amide bonds. The van der Waals surface area contributed by atoms with Crippen LogP contribution in [0.2, 0.25) is 0 Å². The molecule has 2 rings (SSSR count). The Kier molecular flexibility index (Phi) is 4.84. The molecule has 4 heteroatoms. The summed E-state index contributed by atoms with van der Waals surface area (Å²) < 4.78 is 10.6. The van der Waals surface area contributed by atoms with Gasteiger partial charge in [-0.05, 0) is 24.1 Å². The molecule has 1 saturated heterocycles. The van der Waals surface area contributed by atoms with Gasteiger partial charge in [-0.15, -0.1) is 0 Å². The molecule has 0 atom stereocenters. The van der Waals surface area contributed by atoms with Crippen molar-refractivity contribution in [2.45, 2.75) is 6.42 Å². The first-order valence-corrected chi connectivity index (χ1v) is 6.40. The number of hydrogen-bond donors (Lipinski definition) is 0. The van der Waals surface area contributed by atoms with E-state index in [1.807, 2.05) is 6.07 Å². The van der Waals surface area contributed by atoms with E-state index >= 15 is 0 Å². The number of piperazine rings is 1. The smallest absolute Gasteiger partial charge is 0.160 e. The Labute approximate surface area is 109 Å². The van der Waals surface area contributed by atoms with E-state index in [1.165, 1.54) is 5.56 Å². The van der Waals surface area contributed by atoms with Crippen molar-refractivity contribution in [2.75, 3.05) is 46.9 Å². The Morgan fingerprint density at radius 2 is 1.83 bits per heavy atom. The highest BCUT2D eigenvalue weighted by Gasteiger charge is 2.10. The molecule has 1 aromatic carbocycles. The van der Waals surface area contributed by atoms with Crippen molar-refractivity contribution in [3.05, 3.63) is 23.8 Å². The molecule has 0 aromatic heterocycles. The number of hydrogen-bond acceptors (Lipinski definition) is 3. The monoisotopic (exact) mass is 249 g/mol. The van der Waals surface area contributed by atoms with Crippen LogP contribution in [-0.2, 0) is 6.42 Å². The van der Waals surface area contributed by atoms with Gasteiger partial charge in [0.05, 0.1) is 14.2 Å². The zero-order valence-corrected chi connectivity index (χ0v) is 11.2. The minimum absolute atomic E-state index is 0.790. The van der Waals surface area contributed by atoms with Crippen LogP contribution in [0, 0.1) is 0 Å². The third-order valence-electron chi connectivity index (χ3n) is 3.31. The summed E-state index contributed by atoms with van der Waals surface area (Å²) in [5.74, 6) is 1.60. The predicted molar refractivity (Wildman–Crippen MR) is 71.6 cm³/mol. The van der Waals surface area contributed by atoms with Crippen molar-refractivity contribution >= 4 is 0 Å². The minimum Gasteiger partial charge on any atom is -0.493 e. The van der Waals surface area contributed by atoms with Gasteiger partial charge in [0.2, 0.25) is 0 Å². The molecule has 4 nitrogen and oxygen atoms in total. The molecule has 0 N–H and O–H groups in total. The molecular formula is C14H21N2O2. The average molecular weight is 249 g/mol. The lowest BCUT2D eigenvalue weighted by atomic mass is 10.1. The summed E-state index contributed by atoms with van der Waals surface area (Å²) in [5.41, 5.74) is 1.29. The fourth-order valence-electron chi connectivity index (χ4n) is 2.19. The first-order chi connectivity index (χ1) is 8.83. The Bertz CT molecular complexity index is 376. The second kappa shape index (κ2) is 6.61. The molecule has 0 spiro atoms. The van der Waals surface area contributed by atoms with E-state index in [0.29, 0.717) is 0 Å². The third kappa shape index (κ3) is 3.37. The Hall–Kier alpha value is -1.26. The van der Waals surface area contributed by atoms with Gasteiger partial charge in [-0.1, -0.05) is 6.07 Å². The van der Waals surface area contributed by atoms with E-state index in [-0.39, 0.29) is 0 Å². The van der Waals surface area contributed by atoms with Crippen LogP contribution >= 0.6 is 0 Å². The summed E-state index contributed by atoms with van der Waals surface area (Å²) in [6, 6.07) is 6.14. The summed E-state index contributed by atoms with van der Waals surface area (Å²) >= 11 is 0. The summed E-state index contributed by atoms with van der Waals surface area (Å²) in [7, 11) is 3.34. The third-order valence-corrected chi connectivity index (χ3v) is 3.31. The normalized spacial score (nSPS) is 16.6. The van der Waals surface area contributed by atoms with Crippen LogP contribution in [0.1, 0.15) is 5.56 Å². The van der Waals surface area contributed by atoms with E-state index in [4.69, 9.17) is 9.47 Å². The number of methoxy groups -OCH3 is 2. The van der Waals surface area contributed by atoms with Crippen LogP contribution < -0.4 is 14.8 Å². The molecule has 0 aliphatic carbocycles. The van der Waals surface area contributed by atoms with E-state index < -0.39 is 0 Å². The van der Waals surface area contributed by atoms with Crippen molar-refractivity contribution in [3.8, 4) is 11.5 Å². The lowest BCUT2D eigenvalue weighted by Gasteiger charge is -2.26. The number of nitrogens with zero attached hydrogens (tertiary/aromatic N) is 2. The molecule has 0 unspecified atom stereocenters. The summed E-state index contributed by atoms with van der Waals surface area (Å²) in [5, 5.41) is 4.35. The molecule has 99 valence electrons. The maximum Gasteiger partial charge on any atom is 0.160 e. The maximum atomic E-state index is 5.32. The number of rotatable bonds is 5. The van der Waals surface area contributed by atoms with Gasteiger partial charge in [-0.25, -0.2) is 5.32 Å². The second-order valence-corrected chi connectivity index (χ2v) is 4.45. The van der Waals surface area contributed by atoms with Crippen LogP contribution in [-0.4, -0.2) is 51.8 Å². The van der Waals surface area contributed by atoms with Crippen molar-refractivity contribution in [3.63, 3.8) is 0 Å². The average Bonchev–Trinajstić information content (AvgIpc) is 2.45. The van der Waals surface area contributed by atoms with Gasteiger partial charge in [-0.3, -0.25) is 0 Å². The van der Waals surface area contributed by atoms with Crippen molar-refractivity contribution < 1.29 is 9.47 Å².